The molecule has 1 atom stereocenters. The van der Waals surface area contributed by atoms with Crippen LogP contribution in [0, 0.1) is 0 Å². The van der Waals surface area contributed by atoms with Gasteiger partial charge in [-0.1, -0.05) is 18.9 Å². The first-order valence-electron chi connectivity index (χ1n) is 10.4. The van der Waals surface area contributed by atoms with Crippen molar-refractivity contribution in [2.75, 3.05) is 26.2 Å². The predicted octanol–water partition coefficient (Wildman–Crippen LogP) is 3.71. The van der Waals surface area contributed by atoms with E-state index < -0.39 is 12.8 Å². The smallest absolute Gasteiger partial charge is 0.422 e. The average molecular weight is 541 g/mol. The number of nitrogens with one attached hydrogen (secondary N) is 2. The summed E-state index contributed by atoms with van der Waals surface area (Å²) in [6.45, 7) is 3.61. The third-order valence-electron chi connectivity index (χ3n) is 5.38. The van der Waals surface area contributed by atoms with Gasteiger partial charge in [-0.15, -0.1) is 24.0 Å². The summed E-state index contributed by atoms with van der Waals surface area (Å²) in [5.74, 6) is 0.633. The molecule has 30 heavy (non-hydrogen) atoms. The monoisotopic (exact) mass is 541 g/mol. The van der Waals surface area contributed by atoms with Gasteiger partial charge < -0.3 is 15.4 Å². The lowest BCUT2D eigenvalue weighted by molar-refractivity contribution is -0.154. The predicted molar refractivity (Wildman–Crippen MR) is 121 cm³/mol. The van der Waals surface area contributed by atoms with Crippen LogP contribution in [0.25, 0.3) is 0 Å². The zero-order valence-corrected chi connectivity index (χ0v) is 19.6. The maximum atomic E-state index is 12.5. The van der Waals surface area contributed by atoms with Gasteiger partial charge in [0.1, 0.15) is 0 Å². The molecule has 2 heterocycles. The van der Waals surface area contributed by atoms with E-state index in [0.29, 0.717) is 30.2 Å². The summed E-state index contributed by atoms with van der Waals surface area (Å²) in [7, 11) is 0. The second-order valence-corrected chi connectivity index (χ2v) is 7.63. The van der Waals surface area contributed by atoms with Crippen molar-refractivity contribution in [3.63, 3.8) is 0 Å². The Morgan fingerprint density at radius 2 is 2.07 bits per heavy atom. The van der Waals surface area contributed by atoms with Gasteiger partial charge in [0.2, 0.25) is 5.88 Å². The topological polar surface area (TPSA) is 61.8 Å². The molecule has 1 unspecified atom stereocenters. The van der Waals surface area contributed by atoms with Crippen molar-refractivity contribution in [2.45, 2.75) is 63.8 Å². The summed E-state index contributed by atoms with van der Waals surface area (Å²) in [4.78, 5) is 11.0. The van der Waals surface area contributed by atoms with Gasteiger partial charge in [-0.3, -0.25) is 4.90 Å². The number of hydrogen-bond donors (Lipinski definition) is 2. The highest BCUT2D eigenvalue weighted by Gasteiger charge is 2.30. The highest BCUT2D eigenvalue weighted by molar-refractivity contribution is 14.0. The van der Waals surface area contributed by atoms with E-state index >= 15 is 0 Å². The van der Waals surface area contributed by atoms with Gasteiger partial charge in [0.05, 0.1) is 6.54 Å². The SMILES string of the molecule is CCNC(=NCc1cccnc1OCC(F)(F)F)NC1CCN(C2CCCC2)C1.I. The molecule has 1 saturated heterocycles. The molecule has 0 bridgehead atoms. The van der Waals surface area contributed by atoms with Gasteiger partial charge in [0.15, 0.2) is 12.6 Å². The summed E-state index contributed by atoms with van der Waals surface area (Å²) in [6.07, 6.45) is 3.32. The summed E-state index contributed by atoms with van der Waals surface area (Å²) in [5.41, 5.74) is 0.521. The van der Waals surface area contributed by atoms with E-state index in [2.05, 4.69) is 25.5 Å². The Balaban J connectivity index is 0.00000320. The van der Waals surface area contributed by atoms with Crippen LogP contribution in [-0.4, -0.2) is 60.3 Å². The molecule has 0 amide bonds. The first-order chi connectivity index (χ1) is 13.9. The van der Waals surface area contributed by atoms with E-state index in [1.165, 1.54) is 31.9 Å². The number of aliphatic imine (C=N–C) groups is 1. The molecule has 2 N–H and O–H groups in total. The van der Waals surface area contributed by atoms with Gasteiger partial charge in [-0.05, 0) is 32.3 Å². The average Bonchev–Trinajstić information content (AvgIpc) is 3.36. The van der Waals surface area contributed by atoms with E-state index in [4.69, 9.17) is 4.74 Å². The molecule has 1 saturated carbocycles. The van der Waals surface area contributed by atoms with Crippen molar-refractivity contribution >= 4 is 29.9 Å². The van der Waals surface area contributed by atoms with Crippen molar-refractivity contribution in [3.8, 4) is 5.88 Å². The molecule has 3 rings (SSSR count). The highest BCUT2D eigenvalue weighted by atomic mass is 127. The standard InChI is InChI=1S/C20H30F3N5O.HI/c1-2-24-19(27-16-9-11-28(13-16)17-7-3-4-8-17)26-12-15-6-5-10-25-18(15)29-14-20(21,22)23;/h5-6,10,16-17H,2-4,7-9,11-14H2,1H3,(H2,24,26,27);1H. The Labute approximate surface area is 193 Å². The molecule has 2 aliphatic rings. The fraction of sp³-hybridized carbons (Fsp3) is 0.700. The Hall–Kier alpha value is -1.30. The number of nitrogens with zero attached hydrogens (tertiary/aromatic N) is 3. The van der Waals surface area contributed by atoms with Crippen LogP contribution in [0.1, 0.15) is 44.6 Å². The zero-order valence-electron chi connectivity index (χ0n) is 17.2. The van der Waals surface area contributed by atoms with Crippen LogP contribution in [0.5, 0.6) is 5.88 Å². The Bertz CT molecular complexity index is 683. The van der Waals surface area contributed by atoms with Gasteiger partial charge in [-0.2, -0.15) is 13.2 Å². The fourth-order valence-corrected chi connectivity index (χ4v) is 4.01. The minimum atomic E-state index is -4.40. The minimum Gasteiger partial charge on any atom is -0.468 e. The number of hydrogen-bond acceptors (Lipinski definition) is 4. The molecule has 0 aromatic carbocycles. The minimum absolute atomic E-state index is 0. The number of ether oxygens (including phenoxy) is 1. The lowest BCUT2D eigenvalue weighted by Crippen LogP contribution is -2.45. The van der Waals surface area contributed by atoms with E-state index in [9.17, 15) is 13.2 Å². The molecule has 1 aromatic rings. The van der Waals surface area contributed by atoms with Crippen LogP contribution < -0.4 is 15.4 Å². The molecule has 0 radical (unpaired) electrons. The summed E-state index contributed by atoms with van der Waals surface area (Å²) in [6, 6.07) is 4.39. The van der Waals surface area contributed by atoms with Gasteiger partial charge in [0.25, 0.3) is 0 Å². The fourth-order valence-electron chi connectivity index (χ4n) is 4.01. The second kappa shape index (κ2) is 11.9. The van der Waals surface area contributed by atoms with Crippen molar-refractivity contribution < 1.29 is 17.9 Å². The lowest BCUT2D eigenvalue weighted by atomic mass is 10.2. The number of guanidine groups is 1. The summed E-state index contributed by atoms with van der Waals surface area (Å²) < 4.78 is 42.2. The van der Waals surface area contributed by atoms with E-state index in [1.54, 1.807) is 12.1 Å². The van der Waals surface area contributed by atoms with Crippen LogP contribution in [-0.2, 0) is 6.54 Å². The highest BCUT2D eigenvalue weighted by Crippen LogP contribution is 2.26. The number of halogens is 4. The quantitative estimate of drug-likeness (QED) is 0.313. The van der Waals surface area contributed by atoms with Crippen LogP contribution in [0.15, 0.2) is 23.3 Å². The molecule has 10 heteroatoms. The van der Waals surface area contributed by atoms with Crippen LogP contribution in [0.4, 0.5) is 13.2 Å². The second-order valence-electron chi connectivity index (χ2n) is 7.63. The number of likely N-dealkylation sites (tertiary alicyclic amines) is 1. The van der Waals surface area contributed by atoms with Crippen molar-refractivity contribution in [2.24, 2.45) is 4.99 Å². The van der Waals surface area contributed by atoms with Crippen LogP contribution in [0.3, 0.4) is 0 Å². The third kappa shape index (κ3) is 7.75. The van der Waals surface area contributed by atoms with Gasteiger partial charge >= 0.3 is 6.18 Å². The van der Waals surface area contributed by atoms with Crippen molar-refractivity contribution in [3.05, 3.63) is 23.9 Å². The number of alkyl halides is 3. The Morgan fingerprint density at radius 3 is 2.77 bits per heavy atom. The first kappa shape index (κ1) is 25.0. The molecule has 170 valence electrons. The maximum Gasteiger partial charge on any atom is 0.422 e. The van der Waals surface area contributed by atoms with Gasteiger partial charge in [-0.25, -0.2) is 9.98 Å². The van der Waals surface area contributed by atoms with Crippen molar-refractivity contribution in [1.82, 2.24) is 20.5 Å². The molecule has 1 aliphatic carbocycles. The van der Waals surface area contributed by atoms with Crippen LogP contribution in [0.2, 0.25) is 0 Å². The largest absolute Gasteiger partial charge is 0.468 e. The molecule has 2 fully saturated rings. The molecule has 1 aromatic heterocycles. The molecular weight excluding hydrogens is 510 g/mol. The van der Waals surface area contributed by atoms with E-state index in [0.717, 1.165) is 19.5 Å². The summed E-state index contributed by atoms with van der Waals surface area (Å²) in [5, 5.41) is 6.69. The molecule has 0 spiro atoms. The Kier molecular flexibility index (Phi) is 9.92. The van der Waals surface area contributed by atoms with E-state index in [-0.39, 0.29) is 36.4 Å². The zero-order chi connectivity index (χ0) is 20.7. The van der Waals surface area contributed by atoms with Crippen molar-refractivity contribution in [1.29, 1.82) is 0 Å². The number of aromatic nitrogens is 1. The first-order valence-corrected chi connectivity index (χ1v) is 10.4. The lowest BCUT2D eigenvalue weighted by Gasteiger charge is -2.24. The summed E-state index contributed by atoms with van der Waals surface area (Å²) >= 11 is 0. The molecule has 6 nitrogen and oxygen atoms in total. The van der Waals surface area contributed by atoms with E-state index in [1.807, 2.05) is 6.92 Å². The number of pyridine rings is 1. The molecule has 1 aliphatic heterocycles. The normalized spacial score (nSPS) is 20.8. The maximum absolute atomic E-state index is 12.5. The van der Waals surface area contributed by atoms with Crippen LogP contribution >= 0.6 is 24.0 Å². The Morgan fingerprint density at radius 1 is 1.30 bits per heavy atom. The third-order valence-corrected chi connectivity index (χ3v) is 5.38. The van der Waals surface area contributed by atoms with Gasteiger partial charge in [0, 0.05) is 43.5 Å². The number of rotatable bonds is 7. The molecular formula is C20H31F3IN5O.